The van der Waals surface area contributed by atoms with Crippen LogP contribution in [0.5, 0.6) is 5.75 Å². The molecule has 0 bridgehead atoms. The molecule has 4 rings (SSSR count). The van der Waals surface area contributed by atoms with Gasteiger partial charge in [0.15, 0.2) is 6.61 Å². The van der Waals surface area contributed by atoms with Gasteiger partial charge >= 0.3 is 0 Å². The lowest BCUT2D eigenvalue weighted by molar-refractivity contribution is -0.119. The highest BCUT2D eigenvalue weighted by Gasteiger charge is 2.57. The number of fused-ring (bicyclic) bond motifs is 1. The second-order valence-electron chi connectivity index (χ2n) is 6.41. The Balaban J connectivity index is 1.43. The summed E-state index contributed by atoms with van der Waals surface area (Å²) in [6, 6.07) is 5.32. The predicted octanol–water partition coefficient (Wildman–Crippen LogP) is 1.35. The van der Waals surface area contributed by atoms with Gasteiger partial charge in [0, 0.05) is 17.7 Å². The Kier molecular flexibility index (Phi) is 3.07. The van der Waals surface area contributed by atoms with Gasteiger partial charge in [0.2, 0.25) is 5.91 Å². The first-order valence-electron chi connectivity index (χ1n) is 7.75. The number of anilines is 2. The van der Waals surface area contributed by atoms with Gasteiger partial charge < -0.3 is 20.7 Å². The van der Waals surface area contributed by atoms with Crippen molar-refractivity contribution >= 4 is 23.2 Å². The molecule has 2 aliphatic heterocycles. The second kappa shape index (κ2) is 4.98. The molecular formula is C16H19N3O3. The molecule has 2 amide bonds. The van der Waals surface area contributed by atoms with E-state index < -0.39 is 0 Å². The Hall–Kier alpha value is -2.08. The normalized spacial score (nSPS) is 24.9. The number of hydrogen-bond acceptors (Lipinski definition) is 4. The standard InChI is InChI=1S/C16H19N3O3/c20-14-9-22-13-7-10(1-2-12(13)19-14)18-15(21)11-8-16(11)3-5-17-6-4-16/h1-2,7,11,17H,3-6,8-9H2,(H,18,21)(H,19,20). The van der Waals surface area contributed by atoms with Crippen LogP contribution < -0.4 is 20.7 Å². The molecule has 3 aliphatic rings. The van der Waals surface area contributed by atoms with Crippen molar-refractivity contribution in [3.8, 4) is 5.75 Å². The number of carbonyl (C=O) groups is 2. The molecule has 22 heavy (non-hydrogen) atoms. The van der Waals surface area contributed by atoms with Gasteiger partial charge in [-0.25, -0.2) is 0 Å². The molecule has 1 saturated heterocycles. The smallest absolute Gasteiger partial charge is 0.262 e. The van der Waals surface area contributed by atoms with E-state index >= 15 is 0 Å². The van der Waals surface area contributed by atoms with Crippen LogP contribution in [0.2, 0.25) is 0 Å². The molecule has 1 unspecified atom stereocenters. The monoisotopic (exact) mass is 301 g/mol. The third-order valence-corrected chi connectivity index (χ3v) is 4.99. The number of ether oxygens (including phenoxy) is 1. The van der Waals surface area contributed by atoms with Crippen LogP contribution in [0.4, 0.5) is 11.4 Å². The van der Waals surface area contributed by atoms with Crippen molar-refractivity contribution in [2.45, 2.75) is 19.3 Å². The summed E-state index contributed by atoms with van der Waals surface area (Å²) in [5.41, 5.74) is 1.60. The van der Waals surface area contributed by atoms with E-state index in [0.717, 1.165) is 38.0 Å². The lowest BCUT2D eigenvalue weighted by Crippen LogP contribution is -2.31. The van der Waals surface area contributed by atoms with E-state index in [1.807, 2.05) is 0 Å². The van der Waals surface area contributed by atoms with Gasteiger partial charge in [-0.1, -0.05) is 0 Å². The summed E-state index contributed by atoms with van der Waals surface area (Å²) in [5, 5.41) is 9.07. The molecule has 6 heteroatoms. The van der Waals surface area contributed by atoms with Crippen LogP contribution in [0.3, 0.4) is 0 Å². The van der Waals surface area contributed by atoms with Crippen LogP contribution in [-0.2, 0) is 9.59 Å². The largest absolute Gasteiger partial charge is 0.482 e. The molecular weight excluding hydrogens is 282 g/mol. The van der Waals surface area contributed by atoms with Crippen molar-refractivity contribution in [3.05, 3.63) is 18.2 Å². The maximum absolute atomic E-state index is 12.4. The molecule has 1 aliphatic carbocycles. The van der Waals surface area contributed by atoms with Crippen molar-refractivity contribution in [1.29, 1.82) is 0 Å². The van der Waals surface area contributed by atoms with E-state index in [1.54, 1.807) is 18.2 Å². The number of nitrogens with one attached hydrogen (secondary N) is 3. The molecule has 116 valence electrons. The average molecular weight is 301 g/mol. The van der Waals surface area contributed by atoms with Gasteiger partial charge in [-0.2, -0.15) is 0 Å². The summed E-state index contributed by atoms with van der Waals surface area (Å²) in [6.45, 7) is 2.04. The van der Waals surface area contributed by atoms with Crippen LogP contribution in [-0.4, -0.2) is 31.5 Å². The summed E-state index contributed by atoms with van der Waals surface area (Å²) in [7, 11) is 0. The molecule has 6 nitrogen and oxygen atoms in total. The highest BCUT2D eigenvalue weighted by atomic mass is 16.5. The first-order chi connectivity index (χ1) is 10.7. The van der Waals surface area contributed by atoms with E-state index in [1.165, 1.54) is 0 Å². The molecule has 0 aromatic heterocycles. The van der Waals surface area contributed by atoms with E-state index in [9.17, 15) is 9.59 Å². The topological polar surface area (TPSA) is 79.5 Å². The van der Waals surface area contributed by atoms with Gasteiger partial charge in [-0.3, -0.25) is 9.59 Å². The average Bonchev–Trinajstić information content (AvgIpc) is 3.21. The molecule has 1 aromatic rings. The third-order valence-electron chi connectivity index (χ3n) is 4.99. The molecule has 2 heterocycles. The molecule has 0 radical (unpaired) electrons. The Morgan fingerprint density at radius 3 is 2.95 bits per heavy atom. The fourth-order valence-electron chi connectivity index (χ4n) is 3.58. The summed E-state index contributed by atoms with van der Waals surface area (Å²) in [6.07, 6.45) is 3.17. The summed E-state index contributed by atoms with van der Waals surface area (Å²) >= 11 is 0. The Morgan fingerprint density at radius 1 is 1.32 bits per heavy atom. The van der Waals surface area contributed by atoms with Crippen molar-refractivity contribution in [3.63, 3.8) is 0 Å². The zero-order chi connectivity index (χ0) is 15.2. The number of carbonyl (C=O) groups excluding carboxylic acids is 2. The minimum Gasteiger partial charge on any atom is -0.482 e. The van der Waals surface area contributed by atoms with Gasteiger partial charge in [-0.05, 0) is 49.9 Å². The molecule has 1 saturated carbocycles. The van der Waals surface area contributed by atoms with Crippen LogP contribution in [0.15, 0.2) is 18.2 Å². The maximum Gasteiger partial charge on any atom is 0.262 e. The summed E-state index contributed by atoms with van der Waals surface area (Å²) in [5.74, 6) is 0.674. The molecule has 2 fully saturated rings. The van der Waals surface area contributed by atoms with Gasteiger partial charge in [0.1, 0.15) is 5.75 Å². The highest BCUT2D eigenvalue weighted by molar-refractivity contribution is 5.98. The maximum atomic E-state index is 12.4. The Bertz CT molecular complexity index is 638. The minimum atomic E-state index is -0.157. The lowest BCUT2D eigenvalue weighted by atomic mass is 9.92. The molecule has 1 aromatic carbocycles. The predicted molar refractivity (Wildman–Crippen MR) is 81.8 cm³/mol. The quantitative estimate of drug-likeness (QED) is 0.770. The summed E-state index contributed by atoms with van der Waals surface area (Å²) in [4.78, 5) is 23.7. The van der Waals surface area contributed by atoms with E-state index in [4.69, 9.17) is 4.74 Å². The van der Waals surface area contributed by atoms with Gasteiger partial charge in [0.25, 0.3) is 5.91 Å². The van der Waals surface area contributed by atoms with E-state index in [-0.39, 0.29) is 29.8 Å². The van der Waals surface area contributed by atoms with Crippen molar-refractivity contribution in [2.24, 2.45) is 11.3 Å². The van der Waals surface area contributed by atoms with Crippen molar-refractivity contribution in [2.75, 3.05) is 30.3 Å². The second-order valence-corrected chi connectivity index (χ2v) is 6.41. The van der Waals surface area contributed by atoms with Crippen molar-refractivity contribution in [1.82, 2.24) is 5.32 Å². The number of rotatable bonds is 2. The van der Waals surface area contributed by atoms with E-state index in [0.29, 0.717) is 11.4 Å². The number of amides is 2. The first kappa shape index (κ1) is 13.6. The molecule has 1 spiro atoms. The zero-order valence-electron chi connectivity index (χ0n) is 12.3. The van der Waals surface area contributed by atoms with Crippen LogP contribution in [0, 0.1) is 11.3 Å². The van der Waals surface area contributed by atoms with Crippen LogP contribution >= 0.6 is 0 Å². The van der Waals surface area contributed by atoms with Crippen LogP contribution in [0.1, 0.15) is 19.3 Å². The van der Waals surface area contributed by atoms with E-state index in [2.05, 4.69) is 16.0 Å². The van der Waals surface area contributed by atoms with Gasteiger partial charge in [0.05, 0.1) is 5.69 Å². The number of piperidine rings is 1. The Labute approximate surface area is 128 Å². The molecule has 1 atom stereocenters. The summed E-state index contributed by atoms with van der Waals surface area (Å²) < 4.78 is 5.37. The van der Waals surface area contributed by atoms with Crippen molar-refractivity contribution < 1.29 is 14.3 Å². The molecule has 3 N–H and O–H groups in total. The number of hydrogen-bond donors (Lipinski definition) is 3. The van der Waals surface area contributed by atoms with Gasteiger partial charge in [-0.15, -0.1) is 0 Å². The fraction of sp³-hybridized carbons (Fsp3) is 0.500. The Morgan fingerprint density at radius 2 is 2.14 bits per heavy atom. The first-order valence-corrected chi connectivity index (χ1v) is 7.75. The van der Waals surface area contributed by atoms with Crippen LogP contribution in [0.25, 0.3) is 0 Å². The minimum absolute atomic E-state index is 0.0170. The SMILES string of the molecule is O=C1COc2cc(NC(=O)C3CC34CCNCC4)ccc2N1. The fourth-order valence-corrected chi connectivity index (χ4v) is 3.58. The zero-order valence-corrected chi connectivity index (χ0v) is 12.3. The highest BCUT2D eigenvalue weighted by Crippen LogP contribution is 2.58. The number of benzene rings is 1. The lowest BCUT2D eigenvalue weighted by Gasteiger charge is -2.23. The third kappa shape index (κ3) is 2.33.